The van der Waals surface area contributed by atoms with Gasteiger partial charge in [0.25, 0.3) is 0 Å². The van der Waals surface area contributed by atoms with Gasteiger partial charge in [-0.3, -0.25) is 4.79 Å². The van der Waals surface area contributed by atoms with Gasteiger partial charge in [-0.25, -0.2) is 0 Å². The second-order valence-electron chi connectivity index (χ2n) is 5.08. The van der Waals surface area contributed by atoms with Crippen LogP contribution in [0.25, 0.3) is 11.1 Å². The molecule has 0 radical (unpaired) electrons. The first kappa shape index (κ1) is 12.0. The molecule has 0 unspecified atom stereocenters. The van der Waals surface area contributed by atoms with Crippen LogP contribution in [0.5, 0.6) is 0 Å². The molecular formula is C15H16N2O2. The average molecular weight is 256 g/mol. The summed E-state index contributed by atoms with van der Waals surface area (Å²) in [6, 6.07) is 4.25. The number of nitrogens with zero attached hydrogens (tertiary/aromatic N) is 1. The molecule has 1 aliphatic rings. The minimum atomic E-state index is 0.0979. The first-order chi connectivity index (χ1) is 9.06. The van der Waals surface area contributed by atoms with Gasteiger partial charge >= 0.3 is 0 Å². The Bertz CT molecular complexity index is 652. The van der Waals surface area contributed by atoms with Gasteiger partial charge in [0.15, 0.2) is 0 Å². The van der Waals surface area contributed by atoms with Gasteiger partial charge in [0.2, 0.25) is 5.91 Å². The van der Waals surface area contributed by atoms with Crippen molar-refractivity contribution in [1.29, 1.82) is 0 Å². The van der Waals surface area contributed by atoms with E-state index in [1.54, 1.807) is 0 Å². The Hall–Kier alpha value is -2.10. The lowest BCUT2D eigenvalue weighted by molar-refractivity contribution is -0.121. The van der Waals surface area contributed by atoms with Crippen LogP contribution >= 0.6 is 0 Å². The molecule has 0 saturated heterocycles. The summed E-state index contributed by atoms with van der Waals surface area (Å²) in [5.74, 6) is 0.928. The highest BCUT2D eigenvalue weighted by Crippen LogP contribution is 2.31. The molecule has 1 aliphatic heterocycles. The molecule has 19 heavy (non-hydrogen) atoms. The molecule has 1 amide bonds. The normalized spacial score (nSPS) is 14.2. The number of amides is 1. The van der Waals surface area contributed by atoms with Crippen LogP contribution in [-0.4, -0.2) is 11.1 Å². The van der Waals surface area contributed by atoms with Crippen molar-refractivity contribution in [2.75, 3.05) is 0 Å². The summed E-state index contributed by atoms with van der Waals surface area (Å²) >= 11 is 0. The number of aromatic nitrogens is 1. The molecule has 1 aromatic heterocycles. The first-order valence-corrected chi connectivity index (χ1v) is 6.38. The number of fused-ring (bicyclic) bond motifs is 1. The number of benzene rings is 1. The van der Waals surface area contributed by atoms with Crippen LogP contribution in [-0.2, 0) is 17.8 Å². The van der Waals surface area contributed by atoms with Crippen molar-refractivity contribution < 1.29 is 9.32 Å². The SMILES string of the molecule is Cc1cc(-c2c(C)noc2C)cc2c1CC(=O)NC2. The fraction of sp³-hybridized carbons (Fsp3) is 0.333. The molecule has 1 N–H and O–H groups in total. The van der Waals surface area contributed by atoms with E-state index in [0.29, 0.717) is 13.0 Å². The van der Waals surface area contributed by atoms with E-state index >= 15 is 0 Å². The molecule has 3 rings (SSSR count). The van der Waals surface area contributed by atoms with Crippen molar-refractivity contribution in [3.63, 3.8) is 0 Å². The van der Waals surface area contributed by atoms with Crippen molar-refractivity contribution in [1.82, 2.24) is 10.5 Å². The molecule has 0 atom stereocenters. The number of nitrogens with one attached hydrogen (secondary N) is 1. The molecule has 0 aliphatic carbocycles. The maximum atomic E-state index is 11.5. The van der Waals surface area contributed by atoms with Gasteiger partial charge in [0, 0.05) is 12.1 Å². The zero-order valence-corrected chi connectivity index (χ0v) is 11.3. The van der Waals surface area contributed by atoms with E-state index in [1.807, 2.05) is 13.8 Å². The van der Waals surface area contributed by atoms with Crippen molar-refractivity contribution in [2.24, 2.45) is 0 Å². The number of hydrogen-bond acceptors (Lipinski definition) is 3. The predicted molar refractivity (Wildman–Crippen MR) is 71.7 cm³/mol. The second kappa shape index (κ2) is 4.23. The van der Waals surface area contributed by atoms with Crippen molar-refractivity contribution >= 4 is 5.91 Å². The molecule has 0 spiro atoms. The zero-order valence-electron chi connectivity index (χ0n) is 11.3. The van der Waals surface area contributed by atoms with Gasteiger partial charge < -0.3 is 9.84 Å². The summed E-state index contributed by atoms with van der Waals surface area (Å²) in [7, 11) is 0. The summed E-state index contributed by atoms with van der Waals surface area (Å²) in [6.07, 6.45) is 0.475. The fourth-order valence-electron chi connectivity index (χ4n) is 2.76. The van der Waals surface area contributed by atoms with Crippen LogP contribution in [0.4, 0.5) is 0 Å². The Morgan fingerprint density at radius 2 is 2.05 bits per heavy atom. The number of hydrogen-bond donors (Lipinski definition) is 1. The van der Waals surface area contributed by atoms with E-state index in [9.17, 15) is 4.79 Å². The molecular weight excluding hydrogens is 240 g/mol. The molecule has 2 aromatic rings. The highest BCUT2D eigenvalue weighted by molar-refractivity contribution is 5.82. The number of carbonyl (C=O) groups excluding carboxylic acids is 1. The monoisotopic (exact) mass is 256 g/mol. The summed E-state index contributed by atoms with van der Waals surface area (Å²) in [5, 5.41) is 6.89. The standard InChI is InChI=1S/C15H16N2O2/c1-8-4-11(15-9(2)17-19-10(15)3)5-12-7-16-14(18)6-13(8)12/h4-5H,6-7H2,1-3H3,(H,16,18). The van der Waals surface area contributed by atoms with E-state index < -0.39 is 0 Å². The Morgan fingerprint density at radius 3 is 2.74 bits per heavy atom. The van der Waals surface area contributed by atoms with Gasteiger partial charge in [-0.1, -0.05) is 11.2 Å². The van der Waals surface area contributed by atoms with Crippen molar-refractivity contribution in [2.45, 2.75) is 33.7 Å². The quantitative estimate of drug-likeness (QED) is 0.852. The molecule has 4 heteroatoms. The maximum absolute atomic E-state index is 11.5. The Labute approximate surface area is 111 Å². The third kappa shape index (κ3) is 1.93. The predicted octanol–water partition coefficient (Wildman–Crippen LogP) is 2.44. The van der Waals surface area contributed by atoms with Crippen molar-refractivity contribution in [3.05, 3.63) is 40.3 Å². The van der Waals surface area contributed by atoms with Crippen LogP contribution < -0.4 is 5.32 Å². The van der Waals surface area contributed by atoms with E-state index in [0.717, 1.165) is 33.7 Å². The maximum Gasteiger partial charge on any atom is 0.224 e. The zero-order chi connectivity index (χ0) is 13.6. The average Bonchev–Trinajstić information content (AvgIpc) is 2.70. The van der Waals surface area contributed by atoms with Crippen LogP contribution in [0, 0.1) is 20.8 Å². The minimum Gasteiger partial charge on any atom is -0.361 e. The van der Waals surface area contributed by atoms with E-state index in [2.05, 4.69) is 29.5 Å². The highest BCUT2D eigenvalue weighted by atomic mass is 16.5. The Kier molecular flexibility index (Phi) is 2.66. The van der Waals surface area contributed by atoms with Crippen LogP contribution in [0.2, 0.25) is 0 Å². The molecule has 98 valence electrons. The molecule has 4 nitrogen and oxygen atoms in total. The highest BCUT2D eigenvalue weighted by Gasteiger charge is 2.20. The molecule has 0 fully saturated rings. The van der Waals surface area contributed by atoms with Gasteiger partial charge in [-0.15, -0.1) is 0 Å². The summed E-state index contributed by atoms with van der Waals surface area (Å²) in [5.41, 5.74) is 6.57. The lowest BCUT2D eigenvalue weighted by Gasteiger charge is -2.20. The molecule has 1 aromatic carbocycles. The minimum absolute atomic E-state index is 0.0979. The Balaban J connectivity index is 2.16. The van der Waals surface area contributed by atoms with Crippen LogP contribution in [0.15, 0.2) is 16.7 Å². The summed E-state index contributed by atoms with van der Waals surface area (Å²) in [4.78, 5) is 11.5. The number of rotatable bonds is 1. The summed E-state index contributed by atoms with van der Waals surface area (Å²) in [6.45, 7) is 6.53. The molecule has 0 bridgehead atoms. The Morgan fingerprint density at radius 1 is 1.26 bits per heavy atom. The first-order valence-electron chi connectivity index (χ1n) is 6.38. The largest absolute Gasteiger partial charge is 0.361 e. The third-order valence-electron chi connectivity index (χ3n) is 3.70. The third-order valence-corrected chi connectivity index (χ3v) is 3.70. The van der Waals surface area contributed by atoms with Gasteiger partial charge in [0.1, 0.15) is 5.76 Å². The van der Waals surface area contributed by atoms with E-state index in [-0.39, 0.29) is 5.91 Å². The molecule has 2 heterocycles. The number of aryl methyl sites for hydroxylation is 3. The van der Waals surface area contributed by atoms with Gasteiger partial charge in [0.05, 0.1) is 12.1 Å². The number of carbonyl (C=O) groups is 1. The molecule has 0 saturated carbocycles. The topological polar surface area (TPSA) is 55.1 Å². The van der Waals surface area contributed by atoms with Crippen LogP contribution in [0.1, 0.15) is 28.1 Å². The van der Waals surface area contributed by atoms with Crippen molar-refractivity contribution in [3.8, 4) is 11.1 Å². The van der Waals surface area contributed by atoms with E-state index in [4.69, 9.17) is 4.52 Å². The lowest BCUT2D eigenvalue weighted by atomic mass is 9.91. The lowest BCUT2D eigenvalue weighted by Crippen LogP contribution is -2.30. The smallest absolute Gasteiger partial charge is 0.224 e. The van der Waals surface area contributed by atoms with Gasteiger partial charge in [-0.05, 0) is 49.1 Å². The van der Waals surface area contributed by atoms with Crippen LogP contribution in [0.3, 0.4) is 0 Å². The van der Waals surface area contributed by atoms with Gasteiger partial charge in [-0.2, -0.15) is 0 Å². The second-order valence-corrected chi connectivity index (χ2v) is 5.08. The fourth-order valence-corrected chi connectivity index (χ4v) is 2.76. The summed E-state index contributed by atoms with van der Waals surface area (Å²) < 4.78 is 5.23. The van der Waals surface area contributed by atoms with E-state index in [1.165, 1.54) is 5.56 Å².